The Hall–Kier alpha value is -2.11. The van der Waals surface area contributed by atoms with E-state index in [1.54, 1.807) is 20.8 Å². The first-order chi connectivity index (χ1) is 9.19. The van der Waals surface area contributed by atoms with E-state index in [9.17, 15) is 14.7 Å². The highest BCUT2D eigenvalue weighted by atomic mass is 16.5. The molecule has 0 saturated heterocycles. The van der Waals surface area contributed by atoms with Crippen LogP contribution in [-0.4, -0.2) is 27.6 Å². The summed E-state index contributed by atoms with van der Waals surface area (Å²) in [5.74, 6) is -1.42. The molecule has 2 rings (SSSR count). The monoisotopic (exact) mass is 278 g/mol. The lowest BCUT2D eigenvalue weighted by molar-refractivity contribution is 0.0693. The van der Waals surface area contributed by atoms with Gasteiger partial charge in [0.25, 0.3) is 5.56 Å². The van der Waals surface area contributed by atoms with Crippen molar-refractivity contribution in [1.82, 2.24) is 4.98 Å². The molecule has 20 heavy (non-hydrogen) atoms. The Balaban J connectivity index is 2.48. The quantitative estimate of drug-likeness (QED) is 0.581. The van der Waals surface area contributed by atoms with Crippen molar-refractivity contribution in [1.29, 1.82) is 5.41 Å². The van der Waals surface area contributed by atoms with Gasteiger partial charge in [-0.25, -0.2) is 4.79 Å². The molecule has 0 amide bonds. The van der Waals surface area contributed by atoms with Crippen LogP contribution >= 0.6 is 0 Å². The van der Waals surface area contributed by atoms with Crippen LogP contribution in [0.15, 0.2) is 10.9 Å². The van der Waals surface area contributed by atoms with E-state index in [1.165, 1.54) is 6.07 Å². The smallest absolute Gasteiger partial charge is 0.336 e. The molecule has 1 aliphatic rings. The minimum absolute atomic E-state index is 0.176. The number of aromatic nitrogens is 1. The molecule has 108 valence electrons. The zero-order valence-corrected chi connectivity index (χ0v) is 11.7. The van der Waals surface area contributed by atoms with E-state index >= 15 is 0 Å². The van der Waals surface area contributed by atoms with Crippen LogP contribution in [0.3, 0.4) is 0 Å². The number of carboxylic acids is 1. The zero-order valence-electron chi connectivity index (χ0n) is 11.7. The third-order valence-electron chi connectivity index (χ3n) is 2.94. The normalized spacial score (nSPS) is 14.9. The summed E-state index contributed by atoms with van der Waals surface area (Å²) in [5.41, 5.74) is -1.03. The van der Waals surface area contributed by atoms with E-state index in [-0.39, 0.29) is 17.0 Å². The average Bonchev–Trinajstić information content (AvgIpc) is 3.08. The van der Waals surface area contributed by atoms with Crippen LogP contribution in [0.4, 0.5) is 0 Å². The number of hydrogen-bond acceptors (Lipinski definition) is 4. The molecule has 0 radical (unpaired) electrons. The maximum Gasteiger partial charge on any atom is 0.336 e. The predicted molar refractivity (Wildman–Crippen MR) is 73.7 cm³/mol. The van der Waals surface area contributed by atoms with E-state index in [1.807, 2.05) is 0 Å². The van der Waals surface area contributed by atoms with E-state index in [4.69, 9.17) is 10.1 Å². The van der Waals surface area contributed by atoms with Crippen molar-refractivity contribution in [2.45, 2.75) is 45.1 Å². The van der Waals surface area contributed by atoms with Gasteiger partial charge >= 0.3 is 5.97 Å². The lowest BCUT2D eigenvalue weighted by Crippen LogP contribution is -2.31. The molecule has 0 aromatic carbocycles. The highest BCUT2D eigenvalue weighted by molar-refractivity contribution is 6.03. The van der Waals surface area contributed by atoms with Crippen LogP contribution in [-0.2, 0) is 4.74 Å². The fraction of sp³-hybridized carbons (Fsp3) is 0.500. The number of carboxylic acid groups (broad SMARTS) is 1. The molecule has 1 aromatic heterocycles. The fourth-order valence-corrected chi connectivity index (χ4v) is 1.95. The molecule has 1 aromatic rings. The van der Waals surface area contributed by atoms with Gasteiger partial charge in [0.05, 0.1) is 5.56 Å². The number of rotatable bonds is 3. The molecule has 0 aliphatic heterocycles. The minimum Gasteiger partial charge on any atom is -0.478 e. The van der Waals surface area contributed by atoms with E-state index in [2.05, 4.69) is 4.98 Å². The van der Waals surface area contributed by atoms with Crippen molar-refractivity contribution in [3.8, 4) is 0 Å². The highest BCUT2D eigenvalue weighted by Gasteiger charge is 2.29. The molecule has 6 heteroatoms. The number of carbonyl (C=O) groups is 1. The van der Waals surface area contributed by atoms with Gasteiger partial charge in [-0.15, -0.1) is 0 Å². The van der Waals surface area contributed by atoms with Crippen molar-refractivity contribution in [2.24, 2.45) is 0 Å². The van der Waals surface area contributed by atoms with E-state index < -0.39 is 23.0 Å². The summed E-state index contributed by atoms with van der Waals surface area (Å²) < 4.78 is 5.31. The minimum atomic E-state index is -1.23. The number of ether oxygens (including phenoxy) is 1. The molecule has 3 N–H and O–H groups in total. The summed E-state index contributed by atoms with van der Waals surface area (Å²) in [7, 11) is 0. The van der Waals surface area contributed by atoms with Gasteiger partial charge in [-0.1, -0.05) is 0 Å². The third kappa shape index (κ3) is 3.07. The molecule has 0 bridgehead atoms. The second kappa shape index (κ2) is 4.77. The molecule has 1 heterocycles. The van der Waals surface area contributed by atoms with Gasteiger partial charge < -0.3 is 14.8 Å². The van der Waals surface area contributed by atoms with Crippen LogP contribution in [0.2, 0.25) is 0 Å². The summed E-state index contributed by atoms with van der Waals surface area (Å²) in [6.07, 6.45) is 1.90. The Kier molecular flexibility index (Phi) is 3.41. The summed E-state index contributed by atoms with van der Waals surface area (Å²) in [4.78, 5) is 26.1. The van der Waals surface area contributed by atoms with Crippen molar-refractivity contribution in [3.05, 3.63) is 33.2 Å². The number of nitrogens with one attached hydrogen (secondary N) is 2. The summed E-state index contributed by atoms with van der Waals surface area (Å²) in [5, 5.41) is 17.1. The first kappa shape index (κ1) is 14.3. The average molecular weight is 278 g/mol. The number of pyridine rings is 1. The Morgan fingerprint density at radius 1 is 1.45 bits per heavy atom. The molecule has 0 unspecified atom stereocenters. The third-order valence-corrected chi connectivity index (χ3v) is 2.94. The Morgan fingerprint density at radius 3 is 2.50 bits per heavy atom. The van der Waals surface area contributed by atoms with E-state index in [0.29, 0.717) is 5.69 Å². The Bertz CT molecular complexity index is 621. The fourth-order valence-electron chi connectivity index (χ4n) is 1.95. The van der Waals surface area contributed by atoms with Crippen molar-refractivity contribution < 1.29 is 14.6 Å². The zero-order chi connectivity index (χ0) is 15.1. The Morgan fingerprint density at radius 2 is 2.05 bits per heavy atom. The standard InChI is InChI=1S/C14H18N2O4/c1-14(2,3)20-11(15)10-8(13(18)19)6-9(7-4-5-7)16-12(10)17/h6-7,15H,4-5H2,1-3H3,(H,16,17)(H,18,19). The molecule has 6 nitrogen and oxygen atoms in total. The molecule has 1 saturated carbocycles. The topological polar surface area (TPSA) is 103 Å². The van der Waals surface area contributed by atoms with Gasteiger partial charge in [-0.05, 0) is 45.6 Å². The molecular formula is C14H18N2O4. The van der Waals surface area contributed by atoms with Crippen molar-refractivity contribution >= 4 is 11.9 Å². The van der Waals surface area contributed by atoms with Gasteiger partial charge in [-0.3, -0.25) is 10.2 Å². The molecule has 0 atom stereocenters. The van der Waals surface area contributed by atoms with Crippen LogP contribution in [0.1, 0.15) is 61.1 Å². The van der Waals surface area contributed by atoms with Gasteiger partial charge in [0.1, 0.15) is 11.2 Å². The molecule has 1 fully saturated rings. The second-order valence-corrected chi connectivity index (χ2v) is 5.97. The van der Waals surface area contributed by atoms with Gasteiger partial charge in [0.15, 0.2) is 0 Å². The summed E-state index contributed by atoms with van der Waals surface area (Å²) >= 11 is 0. The number of aromatic carboxylic acids is 1. The summed E-state index contributed by atoms with van der Waals surface area (Å²) in [6, 6.07) is 1.44. The van der Waals surface area contributed by atoms with Crippen molar-refractivity contribution in [3.63, 3.8) is 0 Å². The van der Waals surface area contributed by atoms with Gasteiger partial charge in [0, 0.05) is 5.69 Å². The van der Waals surface area contributed by atoms with Crippen LogP contribution in [0, 0.1) is 5.41 Å². The molecule has 0 spiro atoms. The first-order valence-electron chi connectivity index (χ1n) is 6.47. The largest absolute Gasteiger partial charge is 0.478 e. The summed E-state index contributed by atoms with van der Waals surface area (Å²) in [6.45, 7) is 5.19. The first-order valence-corrected chi connectivity index (χ1v) is 6.47. The number of H-pyrrole nitrogens is 1. The lowest BCUT2D eigenvalue weighted by Gasteiger charge is -2.21. The molecule has 1 aliphatic carbocycles. The van der Waals surface area contributed by atoms with Crippen LogP contribution < -0.4 is 5.56 Å². The van der Waals surface area contributed by atoms with Crippen LogP contribution in [0.25, 0.3) is 0 Å². The maximum atomic E-state index is 12.1. The van der Waals surface area contributed by atoms with Crippen LogP contribution in [0.5, 0.6) is 0 Å². The number of aromatic amines is 1. The SMILES string of the molecule is CC(C)(C)OC(=N)c1c(C(=O)O)cc(C2CC2)[nH]c1=O. The Labute approximate surface area is 116 Å². The maximum absolute atomic E-state index is 12.1. The predicted octanol–water partition coefficient (Wildman–Crippen LogP) is 2.09. The lowest BCUT2D eigenvalue weighted by atomic mass is 10.1. The second-order valence-electron chi connectivity index (χ2n) is 5.97. The van der Waals surface area contributed by atoms with Crippen molar-refractivity contribution in [2.75, 3.05) is 0 Å². The number of hydrogen-bond donors (Lipinski definition) is 3. The van der Waals surface area contributed by atoms with Gasteiger partial charge in [0.2, 0.25) is 5.90 Å². The van der Waals surface area contributed by atoms with E-state index in [0.717, 1.165) is 12.8 Å². The molecular weight excluding hydrogens is 260 g/mol. The van der Waals surface area contributed by atoms with Gasteiger partial charge in [-0.2, -0.15) is 0 Å². The highest BCUT2D eigenvalue weighted by Crippen LogP contribution is 2.38.